The van der Waals surface area contributed by atoms with Gasteiger partial charge in [0.25, 0.3) is 11.1 Å². The van der Waals surface area contributed by atoms with Crippen molar-refractivity contribution in [2.45, 2.75) is 31.6 Å². The molecule has 0 spiro atoms. The van der Waals surface area contributed by atoms with Crippen LogP contribution in [0.15, 0.2) is 41.3 Å². The zero-order chi connectivity index (χ0) is 26.3. The van der Waals surface area contributed by atoms with Gasteiger partial charge >= 0.3 is 6.18 Å². The summed E-state index contributed by atoms with van der Waals surface area (Å²) in [6.07, 6.45) is -1.49. The second-order valence-corrected chi connectivity index (χ2v) is 10.2. The first-order valence-electron chi connectivity index (χ1n) is 11.5. The first-order valence-corrected chi connectivity index (χ1v) is 12.7. The van der Waals surface area contributed by atoms with Crippen LogP contribution in [0.5, 0.6) is 5.88 Å². The third kappa shape index (κ3) is 5.07. The predicted octanol–water partition coefficient (Wildman–Crippen LogP) is 5.55. The quantitative estimate of drug-likeness (QED) is 0.420. The van der Waals surface area contributed by atoms with E-state index in [0.29, 0.717) is 21.4 Å². The van der Waals surface area contributed by atoms with Crippen molar-refractivity contribution in [2.75, 3.05) is 20.2 Å². The van der Waals surface area contributed by atoms with Crippen LogP contribution in [0.3, 0.4) is 0 Å². The molecule has 37 heavy (non-hydrogen) atoms. The zero-order valence-corrected chi connectivity index (χ0v) is 21.2. The monoisotopic (exact) mass is 550 g/mol. The molecule has 0 radical (unpaired) electrons. The molecule has 0 atom stereocenters. The number of rotatable bonds is 5. The van der Waals surface area contributed by atoms with Gasteiger partial charge in [-0.3, -0.25) is 19.2 Å². The van der Waals surface area contributed by atoms with Gasteiger partial charge in [-0.25, -0.2) is 0 Å². The van der Waals surface area contributed by atoms with Crippen LogP contribution in [-0.4, -0.2) is 52.1 Å². The van der Waals surface area contributed by atoms with Gasteiger partial charge in [0.2, 0.25) is 5.88 Å². The number of alkyl halides is 3. The van der Waals surface area contributed by atoms with Crippen LogP contribution in [0.1, 0.15) is 29.5 Å². The third-order valence-corrected chi connectivity index (χ3v) is 7.55. The van der Waals surface area contributed by atoms with Gasteiger partial charge in [0.15, 0.2) is 0 Å². The molecule has 2 aliphatic rings. The summed E-state index contributed by atoms with van der Waals surface area (Å²) in [6.45, 7) is 1.36. The van der Waals surface area contributed by atoms with Gasteiger partial charge < -0.3 is 10.1 Å². The smallest absolute Gasteiger partial charge is 0.416 e. The summed E-state index contributed by atoms with van der Waals surface area (Å²) >= 11 is 6.71. The Morgan fingerprint density at radius 1 is 1.19 bits per heavy atom. The Kier molecular flexibility index (Phi) is 6.95. The van der Waals surface area contributed by atoms with E-state index in [4.69, 9.17) is 16.3 Å². The molecule has 5 rings (SSSR count). The molecule has 2 aliphatic heterocycles. The number of carbonyl (C=O) groups is 2. The number of halogens is 4. The number of nitrogens with zero attached hydrogens (tertiary/aromatic N) is 3. The molecule has 3 heterocycles. The fourth-order valence-electron chi connectivity index (χ4n) is 4.65. The van der Waals surface area contributed by atoms with Crippen LogP contribution < -0.4 is 10.1 Å². The van der Waals surface area contributed by atoms with Gasteiger partial charge in [-0.15, -0.1) is 5.10 Å². The van der Waals surface area contributed by atoms with E-state index in [-0.39, 0.29) is 40.2 Å². The minimum atomic E-state index is -4.57. The molecule has 1 N–H and O–H groups in total. The lowest BCUT2D eigenvalue weighted by molar-refractivity contribution is -0.138. The van der Waals surface area contributed by atoms with Crippen LogP contribution >= 0.6 is 23.4 Å². The predicted molar refractivity (Wildman–Crippen MR) is 136 cm³/mol. The summed E-state index contributed by atoms with van der Waals surface area (Å²) in [5.41, 5.74) is 0.381. The van der Waals surface area contributed by atoms with Gasteiger partial charge in [0.05, 0.1) is 35.0 Å². The fraction of sp³-hybridized carbons (Fsp3) is 0.320. The summed E-state index contributed by atoms with van der Waals surface area (Å²) in [7, 11) is 1.42. The van der Waals surface area contributed by atoms with Gasteiger partial charge in [-0.2, -0.15) is 13.2 Å². The van der Waals surface area contributed by atoms with Crippen molar-refractivity contribution in [3.05, 3.63) is 63.0 Å². The van der Waals surface area contributed by atoms with Crippen molar-refractivity contribution >= 4 is 51.5 Å². The summed E-state index contributed by atoms with van der Waals surface area (Å²) in [4.78, 5) is 27.3. The number of nitrogens with one attached hydrogen (secondary N) is 1. The minimum absolute atomic E-state index is 0.00631. The molecule has 3 aromatic rings. The number of aromatic nitrogens is 2. The zero-order valence-electron chi connectivity index (χ0n) is 19.6. The maximum absolute atomic E-state index is 13.6. The van der Waals surface area contributed by atoms with Gasteiger partial charge in [-0.1, -0.05) is 23.7 Å². The topological polar surface area (TPSA) is 76.5 Å². The average molecular weight is 551 g/mol. The van der Waals surface area contributed by atoms with Crippen molar-refractivity contribution in [1.82, 2.24) is 20.0 Å². The highest BCUT2D eigenvalue weighted by molar-refractivity contribution is 8.18. The molecule has 0 saturated carbocycles. The number of fused-ring (bicyclic) bond motifs is 1. The van der Waals surface area contributed by atoms with Crippen molar-refractivity contribution in [3.63, 3.8) is 0 Å². The molecule has 2 fully saturated rings. The van der Waals surface area contributed by atoms with Gasteiger partial charge in [0.1, 0.15) is 0 Å². The van der Waals surface area contributed by atoms with Crippen molar-refractivity contribution < 1.29 is 27.5 Å². The molecule has 0 aliphatic carbocycles. The summed E-state index contributed by atoms with van der Waals surface area (Å²) in [5.74, 6) is -0.0809. The number of hydrogen-bond acceptors (Lipinski definition) is 6. The molecule has 0 unspecified atom stereocenters. The lowest BCUT2D eigenvalue weighted by Crippen LogP contribution is -2.45. The number of carbonyl (C=O) groups excluding carboxylic acids is 2. The maximum Gasteiger partial charge on any atom is 0.416 e. The minimum Gasteiger partial charge on any atom is -0.479 e. The van der Waals surface area contributed by atoms with E-state index < -0.39 is 11.7 Å². The van der Waals surface area contributed by atoms with Gasteiger partial charge in [0, 0.05) is 11.1 Å². The number of methoxy groups -OCH3 is 1. The summed E-state index contributed by atoms with van der Waals surface area (Å²) in [6, 6.07) is 8.69. The fourth-order valence-corrected chi connectivity index (χ4v) is 5.72. The van der Waals surface area contributed by atoms with E-state index in [0.717, 1.165) is 43.8 Å². The van der Waals surface area contributed by atoms with Crippen LogP contribution in [0, 0.1) is 0 Å². The maximum atomic E-state index is 13.6. The molecule has 2 amide bonds. The van der Waals surface area contributed by atoms with Crippen molar-refractivity contribution in [3.8, 4) is 5.88 Å². The largest absolute Gasteiger partial charge is 0.479 e. The summed E-state index contributed by atoms with van der Waals surface area (Å²) in [5, 5.41) is 7.86. The van der Waals surface area contributed by atoms with E-state index in [2.05, 4.69) is 10.4 Å². The number of imide groups is 1. The van der Waals surface area contributed by atoms with Crippen LogP contribution in [0.2, 0.25) is 5.02 Å². The third-order valence-electron chi connectivity index (χ3n) is 6.43. The summed E-state index contributed by atoms with van der Waals surface area (Å²) < 4.78 is 47.6. The molecule has 12 heteroatoms. The number of ether oxygens (including phenoxy) is 1. The number of hydrogen-bond donors (Lipinski definition) is 1. The lowest BCUT2D eigenvalue weighted by atomic mass is 10.1. The number of thioether (sulfide) groups is 1. The Balaban J connectivity index is 1.46. The van der Waals surface area contributed by atoms with Crippen LogP contribution in [0.25, 0.3) is 17.0 Å². The number of piperidine rings is 1. The molecule has 2 saturated heterocycles. The Bertz CT molecular complexity index is 1420. The Labute approximate surface area is 219 Å². The molecule has 0 bridgehead atoms. The molecule has 1 aromatic heterocycles. The van der Waals surface area contributed by atoms with Crippen LogP contribution in [0.4, 0.5) is 18.0 Å². The highest BCUT2D eigenvalue weighted by Gasteiger charge is 2.40. The number of benzene rings is 2. The highest BCUT2D eigenvalue weighted by Crippen LogP contribution is 2.37. The van der Waals surface area contributed by atoms with E-state index in [1.54, 1.807) is 24.3 Å². The number of amides is 2. The second-order valence-electron chi connectivity index (χ2n) is 8.78. The van der Waals surface area contributed by atoms with E-state index >= 15 is 0 Å². The molecule has 194 valence electrons. The molecule has 7 nitrogen and oxygen atoms in total. The first-order chi connectivity index (χ1) is 17.7. The Morgan fingerprint density at radius 3 is 2.65 bits per heavy atom. The van der Waals surface area contributed by atoms with E-state index in [1.807, 2.05) is 0 Å². The van der Waals surface area contributed by atoms with Gasteiger partial charge in [-0.05, 0) is 79.2 Å². The van der Waals surface area contributed by atoms with E-state index in [9.17, 15) is 22.8 Å². The van der Waals surface area contributed by atoms with Crippen molar-refractivity contribution in [2.24, 2.45) is 0 Å². The standard InChI is InChI=1S/C25H22ClF3N4O3S/c1-36-22-18-10-14(11-21-23(34)33(24(35)37-21)17-6-8-30-9-7-17)2-5-20(18)32(31-22)13-15-3-4-16(26)12-19(15)25(27,28)29/h2-5,10-12,17,30H,6-9,13H2,1H3/b21-11-. The highest BCUT2D eigenvalue weighted by atomic mass is 35.5. The normalized spacial score (nSPS) is 18.4. The lowest BCUT2D eigenvalue weighted by Gasteiger charge is -2.29. The SMILES string of the molecule is COc1nn(Cc2ccc(Cl)cc2C(F)(F)F)c2ccc(/C=C3\SC(=O)N(C4CCNCC4)C3=O)cc12. The Hall–Kier alpha value is -3.02. The van der Waals surface area contributed by atoms with E-state index in [1.165, 1.54) is 28.8 Å². The van der Waals surface area contributed by atoms with Crippen molar-refractivity contribution in [1.29, 1.82) is 0 Å². The van der Waals surface area contributed by atoms with Crippen LogP contribution in [-0.2, 0) is 17.5 Å². The second kappa shape index (κ2) is 10.0. The molecular formula is C25H22ClF3N4O3S. The molecular weight excluding hydrogens is 529 g/mol. The first kappa shape index (κ1) is 25.6. The average Bonchev–Trinajstić information content (AvgIpc) is 3.35. The molecule has 2 aromatic carbocycles. The Morgan fingerprint density at radius 2 is 1.95 bits per heavy atom.